The Bertz CT molecular complexity index is 68.5. The molecule has 0 radical (unpaired) electrons. The maximum absolute atomic E-state index is 3.76. The van der Waals surface area contributed by atoms with E-state index in [0.717, 1.165) is 0 Å². The molecule has 0 aliphatic rings. The van der Waals surface area contributed by atoms with Crippen molar-refractivity contribution in [3.8, 4) is 0 Å². The molecule has 0 amide bonds. The van der Waals surface area contributed by atoms with Crippen LogP contribution in [0.15, 0.2) is 12.3 Å². The topological polar surface area (TPSA) is 0 Å². The summed E-state index contributed by atoms with van der Waals surface area (Å²) in [6, 6.07) is 0. The zero-order valence-electron chi connectivity index (χ0n) is 4.87. The molecule has 0 aromatic rings. The average molecular weight is 226 g/mol. The van der Waals surface area contributed by atoms with E-state index in [1.165, 1.54) is 4.05 Å². The van der Waals surface area contributed by atoms with Gasteiger partial charge < -0.3 is 0 Å². The van der Waals surface area contributed by atoms with Crippen molar-refractivity contribution in [2.24, 2.45) is 0 Å². The molecule has 0 aliphatic carbocycles. The van der Waals surface area contributed by atoms with Crippen LogP contribution in [0.25, 0.3) is 0 Å². The zero-order valence-corrected chi connectivity index (χ0v) is 8.03. The van der Waals surface area contributed by atoms with E-state index in [2.05, 4.69) is 48.0 Å². The molecule has 0 aliphatic heterocycles. The van der Waals surface area contributed by atoms with Crippen LogP contribution in [0.5, 0.6) is 0 Å². The molecule has 0 aromatic heterocycles. The van der Waals surface area contributed by atoms with E-state index in [-0.39, 0.29) is 0 Å². The third kappa shape index (κ3) is 3.29. The van der Waals surface area contributed by atoms with Crippen LogP contribution in [0.1, 0.15) is 0 Å². The highest BCUT2D eigenvalue weighted by atomic mass is 127. The third-order valence-electron chi connectivity index (χ3n) is 0.897. The van der Waals surface area contributed by atoms with Crippen LogP contribution < -0.4 is 0 Å². The molecular formula is C5H11ISi. The van der Waals surface area contributed by atoms with Crippen LogP contribution in [0, 0.1) is 0 Å². The molecule has 2 heteroatoms. The Morgan fingerprint density at radius 1 is 1.71 bits per heavy atom. The number of alkyl halides is 1. The molecule has 0 N–H and O–H groups in total. The second kappa shape index (κ2) is 2.87. The van der Waals surface area contributed by atoms with Crippen LogP contribution in [-0.4, -0.2) is 12.1 Å². The fraction of sp³-hybridized carbons (Fsp3) is 0.600. The second-order valence-electron chi connectivity index (χ2n) is 2.33. The summed E-state index contributed by atoms with van der Waals surface area (Å²) in [6.45, 7) is 8.38. The van der Waals surface area contributed by atoms with Crippen LogP contribution >= 0.6 is 22.6 Å². The molecule has 0 saturated carbocycles. The Labute approximate surface area is 60.2 Å². The number of hydrogen-bond acceptors (Lipinski definition) is 0. The summed E-state index contributed by atoms with van der Waals surface area (Å²) in [4.78, 5) is 0. The van der Waals surface area contributed by atoms with Gasteiger partial charge in [0.2, 0.25) is 0 Å². The zero-order chi connectivity index (χ0) is 5.91. The Kier molecular flexibility index (Phi) is 3.15. The molecule has 0 saturated heterocycles. The summed E-state index contributed by atoms with van der Waals surface area (Å²) >= 11 is 2.42. The molecule has 42 valence electrons. The predicted molar refractivity (Wildman–Crippen MR) is 46.6 cm³/mol. The summed E-state index contributed by atoms with van der Waals surface area (Å²) in [5.41, 5.74) is 2.12. The maximum atomic E-state index is 3.76. The van der Waals surface area contributed by atoms with E-state index in [0.29, 0.717) is 0 Å². The lowest BCUT2D eigenvalue weighted by Crippen LogP contribution is -2.24. The first-order valence-corrected chi connectivity index (χ1v) is 7.13. The summed E-state index contributed by atoms with van der Waals surface area (Å²) in [7, 11) is -0.901. The third-order valence-corrected chi connectivity index (χ3v) is 8.59. The van der Waals surface area contributed by atoms with Crippen molar-refractivity contribution in [3.05, 3.63) is 12.3 Å². The Morgan fingerprint density at radius 3 is 2.14 bits per heavy atom. The largest absolute Gasteiger partial charge is 0.107 e. The van der Waals surface area contributed by atoms with Gasteiger partial charge in [-0.25, -0.2) is 0 Å². The molecule has 0 heterocycles. The van der Waals surface area contributed by atoms with Crippen molar-refractivity contribution in [1.82, 2.24) is 0 Å². The van der Waals surface area contributed by atoms with Gasteiger partial charge >= 0.3 is 0 Å². The lowest BCUT2D eigenvalue weighted by atomic mass is 11.3. The summed E-state index contributed by atoms with van der Waals surface area (Å²) in [6.07, 6.45) is 0. The van der Waals surface area contributed by atoms with E-state index in [1.54, 1.807) is 0 Å². The molecule has 0 atom stereocenters. The molecule has 0 rings (SSSR count). The summed E-state index contributed by atoms with van der Waals surface area (Å²) < 4.78 is 1.29. The van der Waals surface area contributed by atoms with E-state index >= 15 is 0 Å². The fourth-order valence-electron chi connectivity index (χ4n) is 0.0546. The van der Waals surface area contributed by atoms with Gasteiger partial charge in [-0.3, -0.25) is 0 Å². The molecule has 0 spiro atoms. The lowest BCUT2D eigenvalue weighted by Gasteiger charge is -2.10. The van der Waals surface area contributed by atoms with Crippen molar-refractivity contribution < 1.29 is 0 Å². The quantitative estimate of drug-likeness (QED) is 0.385. The van der Waals surface area contributed by atoms with Crippen molar-refractivity contribution >= 4 is 30.7 Å². The van der Waals surface area contributed by atoms with Gasteiger partial charge in [0.1, 0.15) is 0 Å². The molecule has 7 heavy (non-hydrogen) atoms. The van der Waals surface area contributed by atoms with Crippen LogP contribution in [0.3, 0.4) is 0 Å². The smallest absolute Gasteiger partial charge is 0.0807 e. The van der Waals surface area contributed by atoms with Gasteiger partial charge in [-0.15, -0.1) is 12.3 Å². The minimum atomic E-state index is -0.901. The van der Waals surface area contributed by atoms with Crippen molar-refractivity contribution in [3.63, 3.8) is 0 Å². The first-order valence-electron chi connectivity index (χ1n) is 2.32. The Hall–Kier alpha value is 0.687. The van der Waals surface area contributed by atoms with Gasteiger partial charge in [-0.1, -0.05) is 35.7 Å². The van der Waals surface area contributed by atoms with E-state index < -0.39 is 8.07 Å². The molecular weight excluding hydrogens is 215 g/mol. The molecule has 0 nitrogen and oxygen atoms in total. The highest BCUT2D eigenvalue weighted by molar-refractivity contribution is 14.1. The minimum Gasteiger partial charge on any atom is -0.107 e. The minimum absolute atomic E-state index is 0.901. The highest BCUT2D eigenvalue weighted by Crippen LogP contribution is 2.05. The highest BCUT2D eigenvalue weighted by Gasteiger charge is 2.11. The SMILES string of the molecule is C=C[Si](C)(C)CI. The van der Waals surface area contributed by atoms with Gasteiger partial charge in [-0.2, -0.15) is 0 Å². The van der Waals surface area contributed by atoms with Crippen LogP contribution in [-0.2, 0) is 0 Å². The predicted octanol–water partition coefficient (Wildman–Crippen LogP) is 2.39. The number of rotatable bonds is 2. The van der Waals surface area contributed by atoms with E-state index in [1.807, 2.05) is 0 Å². The van der Waals surface area contributed by atoms with Gasteiger partial charge in [0.05, 0.1) is 8.07 Å². The fourth-order valence-corrected chi connectivity index (χ4v) is 1.10. The first-order chi connectivity index (χ1) is 3.12. The summed E-state index contributed by atoms with van der Waals surface area (Å²) in [5.74, 6) is 0. The van der Waals surface area contributed by atoms with Gasteiger partial charge in [0.15, 0.2) is 0 Å². The number of hydrogen-bond donors (Lipinski definition) is 0. The first kappa shape index (κ1) is 7.69. The van der Waals surface area contributed by atoms with Crippen molar-refractivity contribution in [2.75, 3.05) is 4.05 Å². The van der Waals surface area contributed by atoms with Crippen molar-refractivity contribution in [2.45, 2.75) is 13.1 Å². The van der Waals surface area contributed by atoms with Gasteiger partial charge in [0.25, 0.3) is 0 Å². The lowest BCUT2D eigenvalue weighted by molar-refractivity contribution is 1.78. The summed E-state index contributed by atoms with van der Waals surface area (Å²) in [5, 5.41) is 0. The van der Waals surface area contributed by atoms with E-state index in [4.69, 9.17) is 0 Å². The Balaban J connectivity index is 3.58. The molecule has 0 fully saturated rings. The Morgan fingerprint density at radius 2 is 2.14 bits per heavy atom. The number of halogens is 1. The second-order valence-corrected chi connectivity index (χ2v) is 9.27. The maximum Gasteiger partial charge on any atom is 0.0807 e. The molecule has 0 aromatic carbocycles. The monoisotopic (exact) mass is 226 g/mol. The average Bonchev–Trinajstić information content (AvgIpc) is 1.68. The standard InChI is InChI=1S/C5H11ISi/c1-4-7(2,3)5-6/h4H,1,5H2,2-3H3. The normalized spacial score (nSPS) is 11.3. The van der Waals surface area contributed by atoms with Gasteiger partial charge in [-0.05, 0) is 4.05 Å². The molecule has 0 unspecified atom stereocenters. The van der Waals surface area contributed by atoms with Gasteiger partial charge in [0, 0.05) is 0 Å². The molecule has 0 bridgehead atoms. The van der Waals surface area contributed by atoms with Crippen LogP contribution in [0.2, 0.25) is 13.1 Å². The van der Waals surface area contributed by atoms with E-state index in [9.17, 15) is 0 Å². The van der Waals surface area contributed by atoms with Crippen LogP contribution in [0.4, 0.5) is 0 Å². The van der Waals surface area contributed by atoms with Crippen molar-refractivity contribution in [1.29, 1.82) is 0 Å².